The number of rotatable bonds is 6. The summed E-state index contributed by atoms with van der Waals surface area (Å²) < 4.78 is 6.84. The van der Waals surface area contributed by atoms with E-state index in [0.717, 1.165) is 16.5 Å². The number of tetrazole rings is 1. The molecule has 0 unspecified atom stereocenters. The molecule has 98 valence electrons. The monoisotopic (exact) mass is 275 g/mol. The van der Waals surface area contributed by atoms with Gasteiger partial charge in [-0.25, -0.2) is 4.68 Å². The van der Waals surface area contributed by atoms with Crippen LogP contribution in [0.25, 0.3) is 0 Å². The van der Waals surface area contributed by atoms with Crippen molar-refractivity contribution in [1.82, 2.24) is 20.2 Å². The van der Waals surface area contributed by atoms with Gasteiger partial charge in [-0.05, 0) is 28.1 Å². The summed E-state index contributed by atoms with van der Waals surface area (Å²) in [7, 11) is 1.64. The Hall–Kier alpha value is -2.07. The first kappa shape index (κ1) is 13.4. The highest BCUT2D eigenvalue weighted by Crippen LogP contribution is 2.17. The van der Waals surface area contributed by atoms with Crippen molar-refractivity contribution in [3.8, 4) is 11.8 Å². The molecule has 0 aliphatic carbocycles. The molecule has 6 nitrogen and oxygen atoms in total. The minimum absolute atomic E-state index is 0.486. The molecule has 0 aliphatic heterocycles. The fraction of sp³-hybridized carbons (Fsp3) is 0.333. The van der Waals surface area contributed by atoms with E-state index < -0.39 is 0 Å². The van der Waals surface area contributed by atoms with Crippen LogP contribution in [0.1, 0.15) is 12.0 Å². The van der Waals surface area contributed by atoms with Gasteiger partial charge in [0.2, 0.25) is 5.16 Å². The van der Waals surface area contributed by atoms with Crippen LogP contribution in [0.5, 0.6) is 5.75 Å². The molecular formula is C12H13N5OS. The number of hydrogen-bond donors (Lipinski definition) is 0. The summed E-state index contributed by atoms with van der Waals surface area (Å²) >= 11 is 1.48. The number of nitrogens with zero attached hydrogens (tertiary/aromatic N) is 5. The molecule has 1 heterocycles. The zero-order chi connectivity index (χ0) is 13.5. The van der Waals surface area contributed by atoms with Crippen LogP contribution < -0.4 is 4.74 Å². The molecule has 1 aromatic heterocycles. The Kier molecular flexibility index (Phi) is 4.75. The van der Waals surface area contributed by atoms with Crippen LogP contribution in [-0.2, 0) is 6.54 Å². The van der Waals surface area contributed by atoms with E-state index in [9.17, 15) is 0 Å². The second-order valence-electron chi connectivity index (χ2n) is 3.72. The molecule has 0 radical (unpaired) electrons. The second kappa shape index (κ2) is 6.75. The smallest absolute Gasteiger partial charge is 0.209 e. The predicted octanol–water partition coefficient (Wildman–Crippen LogP) is 1.74. The van der Waals surface area contributed by atoms with E-state index in [1.807, 2.05) is 24.3 Å². The number of ether oxygens (including phenoxy) is 1. The molecule has 0 bridgehead atoms. The Morgan fingerprint density at radius 3 is 2.84 bits per heavy atom. The highest BCUT2D eigenvalue weighted by Gasteiger charge is 2.07. The number of methoxy groups -OCH3 is 1. The number of nitriles is 1. The van der Waals surface area contributed by atoms with Crippen LogP contribution in [-0.4, -0.2) is 33.1 Å². The van der Waals surface area contributed by atoms with Crippen molar-refractivity contribution >= 4 is 11.8 Å². The first-order valence-electron chi connectivity index (χ1n) is 5.72. The molecular weight excluding hydrogens is 262 g/mol. The molecule has 1 aromatic carbocycles. The molecule has 19 heavy (non-hydrogen) atoms. The molecule has 0 amide bonds. The third-order valence-corrected chi connectivity index (χ3v) is 3.39. The SMILES string of the molecule is COc1ccc(Cn2nnnc2SCCC#N)cc1. The molecule has 0 N–H and O–H groups in total. The summed E-state index contributed by atoms with van der Waals surface area (Å²) in [5.74, 6) is 1.52. The van der Waals surface area contributed by atoms with Gasteiger partial charge < -0.3 is 4.74 Å². The van der Waals surface area contributed by atoms with Crippen molar-refractivity contribution in [2.45, 2.75) is 18.1 Å². The molecule has 0 saturated heterocycles. The Morgan fingerprint density at radius 2 is 2.16 bits per heavy atom. The van der Waals surface area contributed by atoms with Crippen LogP contribution >= 0.6 is 11.8 Å². The quantitative estimate of drug-likeness (QED) is 0.590. The summed E-state index contributed by atoms with van der Waals surface area (Å²) in [6.45, 7) is 0.603. The normalized spacial score (nSPS) is 10.1. The summed E-state index contributed by atoms with van der Waals surface area (Å²) in [5.41, 5.74) is 1.09. The van der Waals surface area contributed by atoms with Crippen molar-refractivity contribution < 1.29 is 4.74 Å². The van der Waals surface area contributed by atoms with Crippen molar-refractivity contribution in [3.05, 3.63) is 29.8 Å². The largest absolute Gasteiger partial charge is 0.497 e. The maximum atomic E-state index is 8.52. The van der Waals surface area contributed by atoms with Gasteiger partial charge in [0.05, 0.1) is 19.7 Å². The summed E-state index contributed by atoms with van der Waals surface area (Å²) in [6.07, 6.45) is 0.486. The van der Waals surface area contributed by atoms with Gasteiger partial charge in [0.25, 0.3) is 0 Å². The molecule has 2 aromatic rings. The van der Waals surface area contributed by atoms with Gasteiger partial charge in [-0.3, -0.25) is 0 Å². The molecule has 7 heteroatoms. The van der Waals surface area contributed by atoms with Crippen molar-refractivity contribution in [2.24, 2.45) is 0 Å². The van der Waals surface area contributed by atoms with Gasteiger partial charge in [-0.15, -0.1) is 5.10 Å². The molecule has 2 rings (SSSR count). The highest BCUT2D eigenvalue weighted by molar-refractivity contribution is 7.99. The average Bonchev–Trinajstić information content (AvgIpc) is 2.87. The summed E-state index contributed by atoms with van der Waals surface area (Å²) in [5, 5.41) is 20.8. The zero-order valence-electron chi connectivity index (χ0n) is 10.5. The number of benzene rings is 1. The fourth-order valence-corrected chi connectivity index (χ4v) is 2.21. The van der Waals surface area contributed by atoms with Gasteiger partial charge in [-0.2, -0.15) is 5.26 Å². The van der Waals surface area contributed by atoms with Crippen LogP contribution in [0.15, 0.2) is 29.4 Å². The number of aromatic nitrogens is 4. The van der Waals surface area contributed by atoms with Gasteiger partial charge >= 0.3 is 0 Å². The Bertz CT molecular complexity index is 560. The number of hydrogen-bond acceptors (Lipinski definition) is 6. The van der Waals surface area contributed by atoms with Crippen LogP contribution in [0.2, 0.25) is 0 Å². The lowest BCUT2D eigenvalue weighted by Gasteiger charge is -2.05. The average molecular weight is 275 g/mol. The molecule has 0 aliphatic rings. The van der Waals surface area contributed by atoms with Crippen LogP contribution in [0.4, 0.5) is 0 Å². The lowest BCUT2D eigenvalue weighted by Crippen LogP contribution is -2.04. The summed E-state index contributed by atoms with van der Waals surface area (Å²) in [4.78, 5) is 0. The van der Waals surface area contributed by atoms with Gasteiger partial charge in [-0.1, -0.05) is 23.9 Å². The first-order valence-corrected chi connectivity index (χ1v) is 6.71. The predicted molar refractivity (Wildman–Crippen MR) is 70.9 cm³/mol. The van der Waals surface area contributed by atoms with E-state index in [4.69, 9.17) is 10.00 Å². The third kappa shape index (κ3) is 3.69. The van der Waals surface area contributed by atoms with E-state index in [2.05, 4.69) is 21.6 Å². The lowest BCUT2D eigenvalue weighted by atomic mass is 10.2. The standard InChI is InChI=1S/C12H13N5OS/c1-18-11-5-3-10(4-6-11)9-17-12(14-15-16-17)19-8-2-7-13/h3-6H,2,8-9H2,1H3. The molecule has 0 fully saturated rings. The minimum atomic E-state index is 0.486. The minimum Gasteiger partial charge on any atom is -0.497 e. The second-order valence-corrected chi connectivity index (χ2v) is 4.79. The van der Waals surface area contributed by atoms with Crippen LogP contribution in [0.3, 0.4) is 0 Å². The topological polar surface area (TPSA) is 76.6 Å². The molecule has 0 saturated carbocycles. The van der Waals surface area contributed by atoms with E-state index >= 15 is 0 Å². The maximum Gasteiger partial charge on any atom is 0.209 e. The van der Waals surface area contributed by atoms with Crippen LogP contribution in [0, 0.1) is 11.3 Å². The Balaban J connectivity index is 2.02. The summed E-state index contributed by atoms with van der Waals surface area (Å²) in [6, 6.07) is 9.86. The van der Waals surface area contributed by atoms with Gasteiger partial charge in [0.15, 0.2) is 0 Å². The number of thioether (sulfide) groups is 1. The molecule has 0 spiro atoms. The Labute approximate surface area is 115 Å². The highest BCUT2D eigenvalue weighted by atomic mass is 32.2. The van der Waals surface area contributed by atoms with E-state index in [1.54, 1.807) is 11.8 Å². The first-order chi connectivity index (χ1) is 9.33. The van der Waals surface area contributed by atoms with Crippen molar-refractivity contribution in [3.63, 3.8) is 0 Å². The third-order valence-electron chi connectivity index (χ3n) is 2.44. The lowest BCUT2D eigenvalue weighted by molar-refractivity contribution is 0.414. The van der Waals surface area contributed by atoms with Gasteiger partial charge in [0, 0.05) is 12.2 Å². The maximum absolute atomic E-state index is 8.52. The van der Waals surface area contributed by atoms with Crippen molar-refractivity contribution in [2.75, 3.05) is 12.9 Å². The van der Waals surface area contributed by atoms with E-state index in [1.165, 1.54) is 11.8 Å². The zero-order valence-corrected chi connectivity index (χ0v) is 11.3. The molecule has 0 atom stereocenters. The Morgan fingerprint density at radius 1 is 1.37 bits per heavy atom. The van der Waals surface area contributed by atoms with E-state index in [0.29, 0.717) is 18.7 Å². The van der Waals surface area contributed by atoms with E-state index in [-0.39, 0.29) is 0 Å². The van der Waals surface area contributed by atoms with Crippen molar-refractivity contribution in [1.29, 1.82) is 5.26 Å². The fourth-order valence-electron chi connectivity index (χ4n) is 1.49. The van der Waals surface area contributed by atoms with Gasteiger partial charge in [0.1, 0.15) is 5.75 Å².